The summed E-state index contributed by atoms with van der Waals surface area (Å²) in [6.07, 6.45) is 10.5. The standard InChI is InChI=1S/C49H55N3O14S2/c1-48(23-28-62-3)41(12-7-6-8-13-42-49(2,24-29-63-4)47-37-32-34(67(56,57)58)16-14-33(37)15-18-38(47)50(42)25-30-64-5)51(26-31-65-27-22-45(55)66-52-43(53)20-21-44(52)54)39-19-17-35-36(46(39)48)10-9-11-40(35)68(59,60)61/h6-19,32H,20-31H2,1-5H3,(H-,56,57,58,59,60,61)/p+1. The number of rotatable bonds is 21. The number of methoxy groups -OCH3 is 3. The lowest BCUT2D eigenvalue weighted by Crippen LogP contribution is -2.33. The second-order valence-electron chi connectivity index (χ2n) is 17.1. The van der Waals surface area contributed by atoms with E-state index in [9.17, 15) is 40.3 Å². The first-order valence-electron chi connectivity index (χ1n) is 22.1. The van der Waals surface area contributed by atoms with E-state index in [-0.39, 0.29) is 42.3 Å². The predicted molar refractivity (Wildman–Crippen MR) is 253 cm³/mol. The Kier molecular flexibility index (Phi) is 15.2. The van der Waals surface area contributed by atoms with E-state index in [4.69, 9.17) is 23.8 Å². The summed E-state index contributed by atoms with van der Waals surface area (Å²) in [5, 5.41) is 2.98. The van der Waals surface area contributed by atoms with Crippen LogP contribution < -0.4 is 4.90 Å². The molecule has 362 valence electrons. The number of carbonyl (C=O) groups excluding carboxylic acids is 3. The molecule has 0 bridgehead atoms. The molecule has 2 N–H and O–H groups in total. The number of ether oxygens (including phenoxy) is 4. The molecular weight excluding hydrogens is 919 g/mol. The molecule has 0 aliphatic carbocycles. The van der Waals surface area contributed by atoms with E-state index in [1.165, 1.54) is 18.2 Å². The van der Waals surface area contributed by atoms with Gasteiger partial charge in [-0.25, -0.2) is 4.79 Å². The number of nitrogens with zero attached hydrogens (tertiary/aromatic N) is 3. The Morgan fingerprint density at radius 3 is 2.12 bits per heavy atom. The van der Waals surface area contributed by atoms with E-state index in [2.05, 4.69) is 23.3 Å². The number of amides is 2. The van der Waals surface area contributed by atoms with Crippen LogP contribution in [0, 0.1) is 0 Å². The summed E-state index contributed by atoms with van der Waals surface area (Å²) in [5.74, 6) is -1.94. The third-order valence-corrected chi connectivity index (χ3v) is 14.7. The van der Waals surface area contributed by atoms with Gasteiger partial charge in [0.2, 0.25) is 5.69 Å². The van der Waals surface area contributed by atoms with Crippen molar-refractivity contribution in [1.82, 2.24) is 5.06 Å². The molecular formula is C49H56N3O14S2+. The molecule has 68 heavy (non-hydrogen) atoms. The summed E-state index contributed by atoms with van der Waals surface area (Å²) in [6, 6.07) is 16.8. The monoisotopic (exact) mass is 974 g/mol. The van der Waals surface area contributed by atoms with Gasteiger partial charge in [-0.3, -0.25) is 18.7 Å². The minimum absolute atomic E-state index is 0.0185. The zero-order chi connectivity index (χ0) is 49.0. The van der Waals surface area contributed by atoms with Gasteiger partial charge in [0.15, 0.2) is 12.3 Å². The van der Waals surface area contributed by atoms with Gasteiger partial charge in [0, 0.05) is 93.8 Å². The molecule has 4 aromatic carbocycles. The number of hydrogen-bond acceptors (Lipinski definition) is 13. The van der Waals surface area contributed by atoms with Gasteiger partial charge >= 0.3 is 5.97 Å². The van der Waals surface area contributed by atoms with Gasteiger partial charge in [-0.1, -0.05) is 42.5 Å². The van der Waals surface area contributed by atoms with Crippen molar-refractivity contribution in [3.63, 3.8) is 0 Å². The van der Waals surface area contributed by atoms with Crippen LogP contribution in [0.1, 0.15) is 57.1 Å². The number of anilines is 1. The van der Waals surface area contributed by atoms with E-state index in [1.807, 2.05) is 54.6 Å². The summed E-state index contributed by atoms with van der Waals surface area (Å²) in [7, 11) is -4.22. The molecule has 0 aromatic heterocycles. The molecule has 1 fully saturated rings. The molecule has 7 rings (SSSR count). The highest BCUT2D eigenvalue weighted by Gasteiger charge is 2.49. The Hall–Kier alpha value is -5.64. The van der Waals surface area contributed by atoms with Gasteiger partial charge in [-0.2, -0.15) is 21.4 Å². The maximum Gasteiger partial charge on any atom is 0.335 e. The van der Waals surface area contributed by atoms with Crippen LogP contribution in [0.15, 0.2) is 107 Å². The number of fused-ring (bicyclic) bond motifs is 6. The second kappa shape index (κ2) is 20.5. The SMILES string of the molecule is COCC[N+]1=C(/C=C/C=C/C=C2/N(CCOCCC(=O)ON3C(=O)CCC3=O)c3ccc4c(S(=O)(=O)O)cccc4c3C2(C)CCOC)C(C)(CCOC)c2c1ccc1ccc(S(=O)(=O)O)cc21. The molecule has 19 heteroatoms. The molecule has 0 spiro atoms. The third-order valence-electron chi connectivity index (χ3n) is 12.9. The quantitative estimate of drug-likeness (QED) is 0.0306. The van der Waals surface area contributed by atoms with Gasteiger partial charge < -0.3 is 28.7 Å². The molecule has 3 heterocycles. The summed E-state index contributed by atoms with van der Waals surface area (Å²) >= 11 is 0. The molecule has 2 atom stereocenters. The van der Waals surface area contributed by atoms with Crippen molar-refractivity contribution in [2.24, 2.45) is 0 Å². The fraction of sp³-hybridized carbons (Fsp3) is 0.388. The van der Waals surface area contributed by atoms with E-state index in [1.54, 1.807) is 39.5 Å². The van der Waals surface area contributed by atoms with Gasteiger partial charge in [0.25, 0.3) is 32.1 Å². The normalized spacial score (nSPS) is 20.4. The number of benzene rings is 4. The fourth-order valence-electron chi connectivity index (χ4n) is 9.62. The minimum Gasteiger partial charge on any atom is -0.385 e. The number of carbonyl (C=O) groups is 3. The van der Waals surface area contributed by atoms with Crippen LogP contribution in [-0.4, -0.2) is 127 Å². The van der Waals surface area contributed by atoms with E-state index in [0.29, 0.717) is 67.0 Å². The third kappa shape index (κ3) is 9.93. The van der Waals surface area contributed by atoms with Crippen molar-refractivity contribution in [3.8, 4) is 0 Å². The first-order valence-corrected chi connectivity index (χ1v) is 24.9. The van der Waals surface area contributed by atoms with Crippen LogP contribution >= 0.6 is 0 Å². The van der Waals surface area contributed by atoms with Crippen LogP contribution in [0.2, 0.25) is 0 Å². The van der Waals surface area contributed by atoms with Crippen molar-refractivity contribution >= 4 is 76.7 Å². The molecule has 3 aliphatic heterocycles. The molecule has 0 saturated carbocycles. The Morgan fingerprint density at radius 2 is 1.44 bits per heavy atom. The summed E-state index contributed by atoms with van der Waals surface area (Å²) in [6.45, 7) is 6.14. The average molecular weight is 975 g/mol. The van der Waals surface area contributed by atoms with E-state index in [0.717, 1.165) is 39.3 Å². The molecule has 0 radical (unpaired) electrons. The van der Waals surface area contributed by atoms with Crippen molar-refractivity contribution < 1.29 is 68.7 Å². The molecule has 2 unspecified atom stereocenters. The maximum atomic E-state index is 12.6. The van der Waals surface area contributed by atoms with Crippen molar-refractivity contribution in [2.75, 3.05) is 72.4 Å². The Balaban J connectivity index is 1.25. The molecule has 4 aromatic rings. The first kappa shape index (κ1) is 50.2. The highest BCUT2D eigenvalue weighted by atomic mass is 32.2. The number of hydrogen-bond donors (Lipinski definition) is 2. The van der Waals surface area contributed by atoms with Crippen molar-refractivity contribution in [2.45, 2.75) is 66.6 Å². The average Bonchev–Trinajstić information content (AvgIpc) is 3.84. The number of imide groups is 1. The zero-order valence-electron chi connectivity index (χ0n) is 38.6. The summed E-state index contributed by atoms with van der Waals surface area (Å²) in [5.41, 5.74) is 3.68. The lowest BCUT2D eigenvalue weighted by atomic mass is 9.75. The van der Waals surface area contributed by atoms with E-state index < -0.39 is 48.8 Å². The summed E-state index contributed by atoms with van der Waals surface area (Å²) < 4.78 is 94.9. The molecule has 1 saturated heterocycles. The Labute approximate surface area is 395 Å². The van der Waals surface area contributed by atoms with Gasteiger partial charge in [-0.15, -0.1) is 5.06 Å². The van der Waals surface area contributed by atoms with Gasteiger partial charge in [0.05, 0.1) is 29.9 Å². The smallest absolute Gasteiger partial charge is 0.335 e. The first-order chi connectivity index (χ1) is 32.4. The lowest BCUT2D eigenvalue weighted by molar-refractivity contribution is -0.441. The molecule has 17 nitrogen and oxygen atoms in total. The second-order valence-corrected chi connectivity index (χ2v) is 19.9. The highest BCUT2D eigenvalue weighted by molar-refractivity contribution is 7.86. The number of hydroxylamine groups is 2. The topological polar surface area (TPSA) is 216 Å². The maximum absolute atomic E-state index is 12.6. The number of allylic oxidation sites excluding steroid dienone is 6. The largest absolute Gasteiger partial charge is 0.385 e. The van der Waals surface area contributed by atoms with Crippen LogP contribution in [0.3, 0.4) is 0 Å². The molecule has 3 aliphatic rings. The summed E-state index contributed by atoms with van der Waals surface area (Å²) in [4.78, 5) is 43.0. The fourth-order valence-corrected chi connectivity index (χ4v) is 10.8. The van der Waals surface area contributed by atoms with Crippen LogP contribution in [0.25, 0.3) is 21.5 Å². The van der Waals surface area contributed by atoms with Crippen LogP contribution in [-0.2, 0) is 69.2 Å². The minimum atomic E-state index is -4.58. The van der Waals surface area contributed by atoms with E-state index >= 15 is 0 Å². The predicted octanol–water partition coefficient (Wildman–Crippen LogP) is 6.35. The lowest BCUT2D eigenvalue weighted by Gasteiger charge is -2.30. The van der Waals surface area contributed by atoms with Crippen molar-refractivity contribution in [1.29, 1.82) is 0 Å². The Bertz CT molecular complexity index is 2980. The molecule has 2 amide bonds. The Morgan fingerprint density at radius 1 is 0.750 bits per heavy atom. The highest BCUT2D eigenvalue weighted by Crippen LogP contribution is 2.53. The zero-order valence-corrected chi connectivity index (χ0v) is 40.2. The van der Waals surface area contributed by atoms with Crippen molar-refractivity contribution in [3.05, 3.63) is 108 Å². The van der Waals surface area contributed by atoms with Crippen LogP contribution in [0.4, 0.5) is 11.4 Å². The van der Waals surface area contributed by atoms with Gasteiger partial charge in [0.1, 0.15) is 11.5 Å². The van der Waals surface area contributed by atoms with Gasteiger partial charge in [-0.05, 0) is 84.8 Å². The van der Waals surface area contributed by atoms with Crippen LogP contribution in [0.5, 0.6) is 0 Å².